The SMILES string of the molecule is Cc1cccc(Oc2cc(NC(=O)c3cn(-c4ccccc4)nc3-c3ccccc3)cc(Oc3cccc(C)c3)c2)c1. The number of carbonyl (C=O) groups is 1. The second-order valence-corrected chi connectivity index (χ2v) is 10.0. The summed E-state index contributed by atoms with van der Waals surface area (Å²) in [6.45, 7) is 4.02. The lowest BCUT2D eigenvalue weighted by atomic mass is 10.1. The Morgan fingerprint density at radius 2 is 1.21 bits per heavy atom. The van der Waals surface area contributed by atoms with Crippen molar-refractivity contribution >= 4 is 11.6 Å². The fourth-order valence-electron chi connectivity index (χ4n) is 4.65. The van der Waals surface area contributed by atoms with Gasteiger partial charge in [-0.1, -0.05) is 72.8 Å². The van der Waals surface area contributed by atoms with Crippen LogP contribution >= 0.6 is 0 Å². The van der Waals surface area contributed by atoms with Gasteiger partial charge in [-0.05, 0) is 61.4 Å². The molecular formula is C36H29N3O3. The number of benzene rings is 5. The van der Waals surface area contributed by atoms with Gasteiger partial charge >= 0.3 is 0 Å². The second kappa shape index (κ2) is 11.9. The Hall–Kier alpha value is -5.62. The van der Waals surface area contributed by atoms with E-state index >= 15 is 0 Å². The molecule has 42 heavy (non-hydrogen) atoms. The summed E-state index contributed by atoms with van der Waals surface area (Å²) < 4.78 is 14.1. The smallest absolute Gasteiger partial charge is 0.259 e. The molecule has 1 aromatic heterocycles. The molecule has 0 saturated heterocycles. The van der Waals surface area contributed by atoms with Crippen molar-refractivity contribution in [3.63, 3.8) is 0 Å². The molecule has 6 heteroatoms. The van der Waals surface area contributed by atoms with Crippen LogP contribution in [0, 0.1) is 13.8 Å². The predicted octanol–water partition coefficient (Wildman–Crippen LogP) is 8.99. The highest BCUT2D eigenvalue weighted by Gasteiger charge is 2.20. The summed E-state index contributed by atoms with van der Waals surface area (Å²) in [5.74, 6) is 2.14. The normalized spacial score (nSPS) is 10.7. The van der Waals surface area contributed by atoms with Crippen molar-refractivity contribution < 1.29 is 14.3 Å². The van der Waals surface area contributed by atoms with Crippen LogP contribution in [0.4, 0.5) is 5.69 Å². The van der Waals surface area contributed by atoms with Crippen molar-refractivity contribution in [2.45, 2.75) is 13.8 Å². The van der Waals surface area contributed by atoms with E-state index in [2.05, 4.69) is 5.32 Å². The number of rotatable bonds is 8. The first-order chi connectivity index (χ1) is 20.5. The molecule has 0 atom stereocenters. The third kappa shape index (κ3) is 6.24. The van der Waals surface area contributed by atoms with Crippen LogP contribution in [0.15, 0.2) is 134 Å². The number of hydrogen-bond acceptors (Lipinski definition) is 4. The third-order valence-electron chi connectivity index (χ3n) is 6.62. The van der Waals surface area contributed by atoms with Crippen molar-refractivity contribution in [1.29, 1.82) is 0 Å². The molecule has 206 valence electrons. The Kier molecular flexibility index (Phi) is 7.51. The van der Waals surface area contributed by atoms with Crippen molar-refractivity contribution in [3.05, 3.63) is 150 Å². The van der Waals surface area contributed by atoms with Crippen LogP contribution in [-0.4, -0.2) is 15.7 Å². The second-order valence-electron chi connectivity index (χ2n) is 10.0. The van der Waals surface area contributed by atoms with E-state index in [4.69, 9.17) is 14.6 Å². The van der Waals surface area contributed by atoms with Crippen molar-refractivity contribution in [1.82, 2.24) is 9.78 Å². The maximum absolute atomic E-state index is 13.8. The van der Waals surface area contributed by atoms with Gasteiger partial charge in [0.05, 0.1) is 11.3 Å². The number of para-hydroxylation sites is 1. The number of nitrogens with zero attached hydrogens (tertiary/aromatic N) is 2. The van der Waals surface area contributed by atoms with Crippen LogP contribution in [0.2, 0.25) is 0 Å². The van der Waals surface area contributed by atoms with Crippen molar-refractivity contribution in [2.75, 3.05) is 5.32 Å². The molecule has 0 saturated carbocycles. The van der Waals surface area contributed by atoms with Gasteiger partial charge in [-0.3, -0.25) is 4.79 Å². The maximum atomic E-state index is 13.8. The molecule has 6 rings (SSSR count). The fourth-order valence-corrected chi connectivity index (χ4v) is 4.65. The number of ether oxygens (including phenoxy) is 2. The molecule has 5 aromatic carbocycles. The first kappa shape index (κ1) is 26.6. The van der Waals surface area contributed by atoms with E-state index in [-0.39, 0.29) is 5.91 Å². The van der Waals surface area contributed by atoms with Crippen LogP contribution < -0.4 is 14.8 Å². The van der Waals surface area contributed by atoms with Gasteiger partial charge in [0.1, 0.15) is 28.7 Å². The number of hydrogen-bond donors (Lipinski definition) is 1. The molecule has 0 radical (unpaired) electrons. The Bertz CT molecular complexity index is 1780. The van der Waals surface area contributed by atoms with Gasteiger partial charge in [-0.25, -0.2) is 4.68 Å². The lowest BCUT2D eigenvalue weighted by Crippen LogP contribution is -2.12. The van der Waals surface area contributed by atoms with Crippen LogP contribution in [0.1, 0.15) is 21.5 Å². The van der Waals surface area contributed by atoms with Crippen LogP contribution in [0.3, 0.4) is 0 Å². The third-order valence-corrected chi connectivity index (χ3v) is 6.62. The minimum absolute atomic E-state index is 0.301. The summed E-state index contributed by atoms with van der Waals surface area (Å²) in [5, 5.41) is 7.84. The minimum atomic E-state index is -0.301. The van der Waals surface area contributed by atoms with E-state index < -0.39 is 0 Å². The molecule has 0 aliphatic heterocycles. The van der Waals surface area contributed by atoms with Gasteiger partial charge < -0.3 is 14.8 Å². The van der Waals surface area contributed by atoms with E-state index in [0.717, 1.165) is 22.4 Å². The molecule has 0 spiro atoms. The highest BCUT2D eigenvalue weighted by molar-refractivity contribution is 6.08. The van der Waals surface area contributed by atoms with Gasteiger partial charge in [0.2, 0.25) is 0 Å². The Morgan fingerprint density at radius 1 is 0.643 bits per heavy atom. The zero-order valence-corrected chi connectivity index (χ0v) is 23.3. The molecular weight excluding hydrogens is 522 g/mol. The number of nitrogens with one attached hydrogen (secondary N) is 1. The van der Waals surface area contributed by atoms with Crippen LogP contribution in [0.5, 0.6) is 23.0 Å². The average molecular weight is 552 g/mol. The highest BCUT2D eigenvalue weighted by Crippen LogP contribution is 2.34. The van der Waals surface area contributed by atoms with E-state index in [1.54, 1.807) is 23.0 Å². The molecule has 6 nitrogen and oxygen atoms in total. The Morgan fingerprint density at radius 3 is 1.79 bits per heavy atom. The molecule has 0 fully saturated rings. The standard InChI is InChI=1S/C36H29N3O3/c1-25-11-9-17-30(19-25)41-32-21-28(22-33(23-32)42-31-18-10-12-26(2)20-31)37-36(40)34-24-39(29-15-7-4-8-16-29)38-35(34)27-13-5-3-6-14-27/h3-24H,1-2H3,(H,37,40). The van der Waals surface area contributed by atoms with E-state index in [0.29, 0.717) is 39.9 Å². The summed E-state index contributed by atoms with van der Waals surface area (Å²) in [4.78, 5) is 13.8. The lowest BCUT2D eigenvalue weighted by molar-refractivity contribution is 0.102. The van der Waals surface area contributed by atoms with Gasteiger partial charge in [0.15, 0.2) is 0 Å². The zero-order chi connectivity index (χ0) is 28.9. The number of amides is 1. The van der Waals surface area contributed by atoms with E-state index in [1.165, 1.54) is 0 Å². The monoisotopic (exact) mass is 551 g/mol. The molecule has 0 unspecified atom stereocenters. The van der Waals surface area contributed by atoms with Crippen molar-refractivity contribution in [3.8, 4) is 39.9 Å². The topological polar surface area (TPSA) is 65.4 Å². The number of anilines is 1. The largest absolute Gasteiger partial charge is 0.457 e. The van der Waals surface area contributed by atoms with Gasteiger partial charge in [-0.2, -0.15) is 5.10 Å². The number of aryl methyl sites for hydroxylation is 2. The molecule has 1 heterocycles. The van der Waals surface area contributed by atoms with Gasteiger partial charge in [0, 0.05) is 35.6 Å². The predicted molar refractivity (Wildman–Crippen MR) is 166 cm³/mol. The quantitative estimate of drug-likeness (QED) is 0.205. The number of aromatic nitrogens is 2. The fraction of sp³-hybridized carbons (Fsp3) is 0.0556. The van der Waals surface area contributed by atoms with E-state index in [9.17, 15) is 4.79 Å². The van der Waals surface area contributed by atoms with Crippen molar-refractivity contribution in [2.24, 2.45) is 0 Å². The first-order valence-corrected chi connectivity index (χ1v) is 13.7. The molecule has 0 bridgehead atoms. The zero-order valence-electron chi connectivity index (χ0n) is 23.3. The molecule has 1 N–H and O–H groups in total. The Labute approximate surface area is 244 Å². The minimum Gasteiger partial charge on any atom is -0.457 e. The summed E-state index contributed by atoms with van der Waals surface area (Å²) in [6.07, 6.45) is 1.75. The van der Waals surface area contributed by atoms with E-state index in [1.807, 2.05) is 129 Å². The average Bonchev–Trinajstić information content (AvgIpc) is 3.44. The summed E-state index contributed by atoms with van der Waals surface area (Å²) >= 11 is 0. The first-order valence-electron chi connectivity index (χ1n) is 13.7. The molecule has 1 amide bonds. The van der Waals surface area contributed by atoms with Crippen LogP contribution in [0.25, 0.3) is 16.9 Å². The summed E-state index contributed by atoms with van der Waals surface area (Å²) in [5.41, 5.74) is 5.42. The molecule has 0 aliphatic carbocycles. The molecule has 0 aliphatic rings. The van der Waals surface area contributed by atoms with Gasteiger partial charge in [0.25, 0.3) is 5.91 Å². The number of carbonyl (C=O) groups excluding carboxylic acids is 1. The summed E-state index contributed by atoms with van der Waals surface area (Å²) in [6, 6.07) is 40.4. The maximum Gasteiger partial charge on any atom is 0.259 e. The van der Waals surface area contributed by atoms with Gasteiger partial charge in [-0.15, -0.1) is 0 Å². The Balaban J connectivity index is 1.36. The highest BCUT2D eigenvalue weighted by atomic mass is 16.5. The molecule has 6 aromatic rings. The lowest BCUT2D eigenvalue weighted by Gasteiger charge is -2.13. The summed E-state index contributed by atoms with van der Waals surface area (Å²) in [7, 11) is 0. The van der Waals surface area contributed by atoms with Crippen LogP contribution in [-0.2, 0) is 0 Å².